The van der Waals surface area contributed by atoms with Crippen molar-refractivity contribution in [3.05, 3.63) is 47.5 Å². The van der Waals surface area contributed by atoms with Crippen LogP contribution < -0.4 is 4.74 Å². The van der Waals surface area contributed by atoms with Gasteiger partial charge in [-0.25, -0.2) is 0 Å². The third-order valence-corrected chi connectivity index (χ3v) is 4.56. The summed E-state index contributed by atoms with van der Waals surface area (Å²) in [5, 5.41) is 68.5. The van der Waals surface area contributed by atoms with Crippen LogP contribution in [0, 0.1) is 0 Å². The van der Waals surface area contributed by atoms with Gasteiger partial charge in [0.05, 0.1) is 6.61 Å². The number of benzene rings is 2. The van der Waals surface area contributed by atoms with Crippen molar-refractivity contribution < 1.29 is 50.0 Å². The van der Waals surface area contributed by atoms with Gasteiger partial charge in [-0.05, 0) is 30.3 Å². The van der Waals surface area contributed by atoms with Crippen molar-refractivity contribution in [3.63, 3.8) is 0 Å². The van der Waals surface area contributed by atoms with Gasteiger partial charge in [0.1, 0.15) is 41.5 Å². The average molecular weight is 408 g/mol. The monoisotopic (exact) mass is 408 g/mol. The Morgan fingerprint density at radius 3 is 2.17 bits per heavy atom. The molecule has 0 spiro atoms. The van der Waals surface area contributed by atoms with Gasteiger partial charge in [0.15, 0.2) is 11.5 Å². The first-order valence-corrected chi connectivity index (χ1v) is 8.60. The molecular formula is C19H20O10. The van der Waals surface area contributed by atoms with E-state index in [9.17, 15) is 40.5 Å². The molecule has 1 fully saturated rings. The lowest BCUT2D eigenvalue weighted by molar-refractivity contribution is -0.277. The molecule has 1 saturated heterocycles. The maximum atomic E-state index is 12.5. The Morgan fingerprint density at radius 2 is 1.59 bits per heavy atom. The smallest absolute Gasteiger partial charge is 0.229 e. The minimum Gasteiger partial charge on any atom is -0.507 e. The van der Waals surface area contributed by atoms with E-state index in [1.54, 1.807) is 0 Å². The third-order valence-electron chi connectivity index (χ3n) is 4.56. The Morgan fingerprint density at radius 1 is 0.931 bits per heavy atom. The molecule has 156 valence electrons. The minimum atomic E-state index is -1.67. The highest BCUT2D eigenvalue weighted by molar-refractivity contribution is 6.12. The van der Waals surface area contributed by atoms with Crippen molar-refractivity contribution in [2.75, 3.05) is 6.61 Å². The van der Waals surface area contributed by atoms with Crippen LogP contribution in [0.3, 0.4) is 0 Å². The van der Waals surface area contributed by atoms with Crippen LogP contribution in [0.4, 0.5) is 0 Å². The quantitative estimate of drug-likeness (QED) is 0.310. The van der Waals surface area contributed by atoms with Crippen molar-refractivity contribution >= 4 is 5.78 Å². The first-order chi connectivity index (χ1) is 13.7. The number of hydrogen-bond acceptors (Lipinski definition) is 10. The number of carbonyl (C=O) groups is 1. The van der Waals surface area contributed by atoms with Crippen LogP contribution >= 0.6 is 0 Å². The van der Waals surface area contributed by atoms with Crippen molar-refractivity contribution in [2.24, 2.45) is 0 Å². The number of ketones is 1. The molecule has 0 radical (unpaired) electrons. The Hall–Kier alpha value is -2.89. The van der Waals surface area contributed by atoms with Crippen LogP contribution in [0.2, 0.25) is 0 Å². The standard InChI is InChI=1S/C19H20O10/c20-7-13-16(25)17(26)18(27)19(29-13)28-12-5-4-8(6-11(12)23)15(24)14-9(21)2-1-3-10(14)22/h1-6,13,16-23,25-27H,7H2/t13-,16-,17+,18-,19-/m1/s1. The molecule has 29 heavy (non-hydrogen) atoms. The van der Waals surface area contributed by atoms with Crippen molar-refractivity contribution in [2.45, 2.75) is 30.7 Å². The van der Waals surface area contributed by atoms with Gasteiger partial charge in [0.25, 0.3) is 0 Å². The van der Waals surface area contributed by atoms with Gasteiger partial charge < -0.3 is 45.2 Å². The SMILES string of the molecule is O=C(c1ccc(O[C@@H]2O[C@H](CO)[C@@H](O)[C@H](O)[C@H]2O)c(O)c1)c1c(O)cccc1O. The molecule has 5 atom stereocenters. The fourth-order valence-corrected chi connectivity index (χ4v) is 2.95. The highest BCUT2D eigenvalue weighted by atomic mass is 16.7. The number of carbonyl (C=O) groups excluding carboxylic acids is 1. The zero-order chi connectivity index (χ0) is 21.3. The molecule has 3 rings (SSSR count). The molecular weight excluding hydrogens is 388 g/mol. The molecule has 2 aromatic rings. The van der Waals surface area contributed by atoms with Gasteiger partial charge in [-0.3, -0.25) is 4.79 Å². The second kappa shape index (κ2) is 8.23. The number of phenolic OH excluding ortho intramolecular Hbond substituents is 3. The van der Waals surface area contributed by atoms with E-state index in [4.69, 9.17) is 9.47 Å². The molecule has 1 heterocycles. The zero-order valence-corrected chi connectivity index (χ0v) is 14.9. The molecule has 0 unspecified atom stereocenters. The van der Waals surface area contributed by atoms with Crippen LogP contribution in [-0.2, 0) is 4.74 Å². The molecule has 7 N–H and O–H groups in total. The number of phenols is 3. The summed E-state index contributed by atoms with van der Waals surface area (Å²) >= 11 is 0. The van der Waals surface area contributed by atoms with Crippen molar-refractivity contribution in [3.8, 4) is 23.0 Å². The van der Waals surface area contributed by atoms with Crippen molar-refractivity contribution in [1.29, 1.82) is 0 Å². The van der Waals surface area contributed by atoms with Gasteiger partial charge in [-0.15, -0.1) is 0 Å². The lowest BCUT2D eigenvalue weighted by Crippen LogP contribution is -2.60. The normalized spacial score (nSPS) is 26.8. The first-order valence-electron chi connectivity index (χ1n) is 8.60. The van der Waals surface area contributed by atoms with Crippen LogP contribution in [-0.4, -0.2) is 78.8 Å². The molecule has 0 saturated carbocycles. The summed E-state index contributed by atoms with van der Waals surface area (Å²) in [4.78, 5) is 12.5. The van der Waals surface area contributed by atoms with E-state index in [1.807, 2.05) is 0 Å². The first kappa shape index (κ1) is 20.8. The molecule has 10 nitrogen and oxygen atoms in total. The van der Waals surface area contributed by atoms with Crippen LogP contribution in [0.25, 0.3) is 0 Å². The zero-order valence-electron chi connectivity index (χ0n) is 14.9. The van der Waals surface area contributed by atoms with E-state index in [-0.39, 0.29) is 16.9 Å². The summed E-state index contributed by atoms with van der Waals surface area (Å²) in [7, 11) is 0. The molecule has 10 heteroatoms. The molecule has 2 aromatic carbocycles. The Labute approximate surface area is 164 Å². The maximum Gasteiger partial charge on any atom is 0.229 e. The van der Waals surface area contributed by atoms with Gasteiger partial charge in [-0.2, -0.15) is 0 Å². The summed E-state index contributed by atoms with van der Waals surface area (Å²) in [6.45, 7) is -0.645. The highest BCUT2D eigenvalue weighted by Gasteiger charge is 2.44. The molecule has 0 bridgehead atoms. The van der Waals surface area contributed by atoms with E-state index < -0.39 is 60.3 Å². The van der Waals surface area contributed by atoms with E-state index in [0.29, 0.717) is 0 Å². The fourth-order valence-electron chi connectivity index (χ4n) is 2.95. The molecule has 1 aliphatic heterocycles. The van der Waals surface area contributed by atoms with E-state index in [1.165, 1.54) is 30.3 Å². The number of aromatic hydroxyl groups is 3. The predicted octanol–water partition coefficient (Wildman–Crippen LogP) is -0.787. The lowest BCUT2D eigenvalue weighted by atomic mass is 9.99. The summed E-state index contributed by atoms with van der Waals surface area (Å²) < 4.78 is 10.5. The summed E-state index contributed by atoms with van der Waals surface area (Å²) in [6, 6.07) is 7.25. The fraction of sp³-hybridized carbons (Fsp3) is 0.316. The highest BCUT2D eigenvalue weighted by Crippen LogP contribution is 2.34. The summed E-state index contributed by atoms with van der Waals surface area (Å²) in [6.07, 6.45) is -7.59. The van der Waals surface area contributed by atoms with E-state index in [0.717, 1.165) is 6.07 Å². The van der Waals surface area contributed by atoms with Crippen LogP contribution in [0.5, 0.6) is 23.0 Å². The van der Waals surface area contributed by atoms with Gasteiger partial charge in [-0.1, -0.05) is 6.07 Å². The molecule has 0 aromatic heterocycles. The minimum absolute atomic E-state index is 0.0690. The molecule has 0 amide bonds. The number of rotatable bonds is 5. The predicted molar refractivity (Wildman–Crippen MR) is 95.7 cm³/mol. The van der Waals surface area contributed by atoms with Gasteiger partial charge >= 0.3 is 0 Å². The number of aliphatic hydroxyl groups excluding tert-OH is 4. The van der Waals surface area contributed by atoms with Gasteiger partial charge in [0.2, 0.25) is 12.1 Å². The third kappa shape index (κ3) is 3.97. The Balaban J connectivity index is 1.82. The molecule has 0 aliphatic carbocycles. The Kier molecular flexibility index (Phi) is 5.91. The van der Waals surface area contributed by atoms with E-state index >= 15 is 0 Å². The second-order valence-electron chi connectivity index (χ2n) is 6.50. The summed E-state index contributed by atoms with van der Waals surface area (Å²) in [5.74, 6) is -2.36. The van der Waals surface area contributed by atoms with E-state index in [2.05, 4.69) is 0 Å². The van der Waals surface area contributed by atoms with Crippen LogP contribution in [0.15, 0.2) is 36.4 Å². The van der Waals surface area contributed by atoms with Crippen molar-refractivity contribution in [1.82, 2.24) is 0 Å². The number of hydrogen-bond donors (Lipinski definition) is 7. The largest absolute Gasteiger partial charge is 0.507 e. The molecule has 1 aliphatic rings. The number of ether oxygens (including phenoxy) is 2. The number of aliphatic hydroxyl groups is 4. The Bertz CT molecular complexity index is 876. The maximum absolute atomic E-state index is 12.5. The van der Waals surface area contributed by atoms with Crippen LogP contribution in [0.1, 0.15) is 15.9 Å². The lowest BCUT2D eigenvalue weighted by Gasteiger charge is -2.39. The van der Waals surface area contributed by atoms with Gasteiger partial charge in [0, 0.05) is 5.56 Å². The second-order valence-corrected chi connectivity index (χ2v) is 6.50. The summed E-state index contributed by atoms with van der Waals surface area (Å²) in [5.41, 5.74) is -0.407. The topological polar surface area (TPSA) is 177 Å². The average Bonchev–Trinajstić information content (AvgIpc) is 2.69.